The van der Waals surface area contributed by atoms with Crippen LogP contribution in [0.25, 0.3) is 5.69 Å². The highest BCUT2D eigenvalue weighted by Crippen LogP contribution is 2.43. The number of hydrogen-bond acceptors (Lipinski definition) is 2. The van der Waals surface area contributed by atoms with E-state index in [1.165, 1.54) is 12.1 Å². The summed E-state index contributed by atoms with van der Waals surface area (Å²) >= 11 is 11.9. The molecule has 0 aliphatic carbocycles. The van der Waals surface area contributed by atoms with Crippen LogP contribution >= 0.6 is 23.8 Å². The summed E-state index contributed by atoms with van der Waals surface area (Å²) in [5.41, 5.74) is 6.08. The molecule has 2 atom stereocenters. The summed E-state index contributed by atoms with van der Waals surface area (Å²) in [4.78, 5) is 6.67. The van der Waals surface area contributed by atoms with E-state index in [-0.39, 0.29) is 17.9 Å². The quantitative estimate of drug-likeness (QED) is 0.343. The smallest absolute Gasteiger partial charge is 0.174 e. The summed E-state index contributed by atoms with van der Waals surface area (Å²) in [7, 11) is 0. The number of benzene rings is 2. The van der Waals surface area contributed by atoms with Crippen LogP contribution in [-0.2, 0) is 0 Å². The second-order valence-electron chi connectivity index (χ2n) is 8.11. The van der Waals surface area contributed by atoms with Crippen LogP contribution in [0.4, 0.5) is 10.1 Å². The Hall–Kier alpha value is -3.22. The lowest BCUT2D eigenvalue weighted by molar-refractivity contribution is 0.565. The van der Waals surface area contributed by atoms with Crippen LogP contribution in [0.15, 0.2) is 79.0 Å². The molecule has 1 N–H and O–H groups in total. The zero-order valence-corrected chi connectivity index (χ0v) is 19.7. The van der Waals surface area contributed by atoms with E-state index in [4.69, 9.17) is 23.8 Å². The van der Waals surface area contributed by atoms with Gasteiger partial charge >= 0.3 is 0 Å². The molecule has 2 aromatic carbocycles. The highest BCUT2D eigenvalue weighted by molar-refractivity contribution is 7.80. The van der Waals surface area contributed by atoms with Crippen molar-refractivity contribution in [2.24, 2.45) is 0 Å². The number of pyridine rings is 1. The van der Waals surface area contributed by atoms with Crippen LogP contribution in [-0.4, -0.2) is 14.7 Å². The van der Waals surface area contributed by atoms with Crippen molar-refractivity contribution in [3.8, 4) is 5.69 Å². The lowest BCUT2D eigenvalue weighted by Crippen LogP contribution is -2.29. The fraction of sp³-hybridized carbons (Fsp3) is 0.154. The number of aromatic nitrogens is 2. The van der Waals surface area contributed by atoms with Gasteiger partial charge in [0.2, 0.25) is 0 Å². The molecule has 1 fully saturated rings. The molecule has 0 amide bonds. The first kappa shape index (κ1) is 21.6. The highest BCUT2D eigenvalue weighted by atomic mass is 35.5. The second kappa shape index (κ2) is 8.61. The highest BCUT2D eigenvalue weighted by Gasteiger charge is 2.42. The molecule has 0 saturated carbocycles. The molecule has 2 aromatic heterocycles. The van der Waals surface area contributed by atoms with Crippen LogP contribution < -0.4 is 10.2 Å². The molecule has 166 valence electrons. The molecule has 7 heteroatoms. The van der Waals surface area contributed by atoms with E-state index in [2.05, 4.69) is 39.7 Å². The number of halogens is 2. The summed E-state index contributed by atoms with van der Waals surface area (Å²) in [6, 6.07) is 22.0. The SMILES string of the molecule is Cc1cc([C@H]2[C@@H](c3ccccn3)NC(=S)N2c2ccc(F)cc2)c(C)n1-c1ccc(Cl)cc1. The number of aryl methyl sites for hydroxylation is 1. The van der Waals surface area contributed by atoms with Crippen molar-refractivity contribution >= 4 is 34.6 Å². The Morgan fingerprint density at radius 3 is 2.33 bits per heavy atom. The minimum Gasteiger partial charge on any atom is -0.351 e. The van der Waals surface area contributed by atoms with E-state index < -0.39 is 0 Å². The van der Waals surface area contributed by atoms with Crippen molar-refractivity contribution in [2.45, 2.75) is 25.9 Å². The number of anilines is 1. The van der Waals surface area contributed by atoms with Crippen molar-refractivity contribution in [3.63, 3.8) is 0 Å². The molecule has 0 spiro atoms. The summed E-state index contributed by atoms with van der Waals surface area (Å²) in [6.07, 6.45) is 1.79. The van der Waals surface area contributed by atoms with Crippen LogP contribution in [0, 0.1) is 19.7 Å². The van der Waals surface area contributed by atoms with Gasteiger partial charge in [0.15, 0.2) is 5.11 Å². The van der Waals surface area contributed by atoms with E-state index in [0.29, 0.717) is 10.1 Å². The predicted molar refractivity (Wildman–Crippen MR) is 135 cm³/mol. The van der Waals surface area contributed by atoms with Gasteiger partial charge in [-0.15, -0.1) is 0 Å². The van der Waals surface area contributed by atoms with Crippen molar-refractivity contribution < 1.29 is 4.39 Å². The lowest BCUT2D eigenvalue weighted by atomic mass is 9.96. The van der Waals surface area contributed by atoms with Gasteiger partial charge in [-0.05, 0) is 98.4 Å². The van der Waals surface area contributed by atoms with Crippen LogP contribution in [0.2, 0.25) is 5.02 Å². The monoisotopic (exact) mass is 476 g/mol. The zero-order valence-electron chi connectivity index (χ0n) is 18.2. The van der Waals surface area contributed by atoms with E-state index in [0.717, 1.165) is 34.0 Å². The van der Waals surface area contributed by atoms with Gasteiger partial charge in [-0.2, -0.15) is 0 Å². The predicted octanol–water partition coefficient (Wildman–Crippen LogP) is 6.46. The van der Waals surface area contributed by atoms with Gasteiger partial charge in [0.05, 0.1) is 17.8 Å². The van der Waals surface area contributed by atoms with Crippen LogP contribution in [0.5, 0.6) is 0 Å². The molecular formula is C26H22ClFN4S. The van der Waals surface area contributed by atoms with E-state index in [1.54, 1.807) is 18.3 Å². The van der Waals surface area contributed by atoms with Crippen LogP contribution in [0.1, 0.15) is 34.7 Å². The minimum absolute atomic E-state index is 0.162. The first-order valence-electron chi connectivity index (χ1n) is 10.6. The number of thiocarbonyl (C=S) groups is 1. The lowest BCUT2D eigenvalue weighted by Gasteiger charge is -2.28. The second-order valence-corrected chi connectivity index (χ2v) is 8.93. The molecule has 33 heavy (non-hydrogen) atoms. The molecule has 1 saturated heterocycles. The average Bonchev–Trinajstić information content (AvgIpc) is 3.31. The minimum atomic E-state index is -0.282. The summed E-state index contributed by atoms with van der Waals surface area (Å²) < 4.78 is 15.9. The maximum absolute atomic E-state index is 13.7. The Bertz CT molecular complexity index is 1300. The number of nitrogens with zero attached hydrogens (tertiary/aromatic N) is 3. The Balaban J connectivity index is 1.67. The molecule has 4 aromatic rings. The van der Waals surface area contributed by atoms with E-state index in [1.807, 2.05) is 42.5 Å². The van der Waals surface area contributed by atoms with Gasteiger partial charge in [0.25, 0.3) is 0 Å². The van der Waals surface area contributed by atoms with Gasteiger partial charge in [-0.1, -0.05) is 17.7 Å². The molecular weight excluding hydrogens is 455 g/mol. The molecule has 1 aliphatic heterocycles. The topological polar surface area (TPSA) is 33.1 Å². The third-order valence-corrected chi connectivity index (χ3v) is 6.64. The van der Waals surface area contributed by atoms with Gasteiger partial charge in [-0.25, -0.2) is 4.39 Å². The average molecular weight is 477 g/mol. The first-order valence-corrected chi connectivity index (χ1v) is 11.4. The molecule has 0 unspecified atom stereocenters. The van der Waals surface area contributed by atoms with Gasteiger partial charge in [-0.3, -0.25) is 4.98 Å². The maximum atomic E-state index is 13.7. The Morgan fingerprint density at radius 2 is 1.67 bits per heavy atom. The van der Waals surface area contributed by atoms with Crippen molar-refractivity contribution in [3.05, 3.63) is 112 Å². The van der Waals surface area contributed by atoms with Crippen molar-refractivity contribution in [1.82, 2.24) is 14.9 Å². The number of nitrogens with one attached hydrogen (secondary N) is 1. The third-order valence-electron chi connectivity index (χ3n) is 6.08. The van der Waals surface area contributed by atoms with Crippen molar-refractivity contribution in [2.75, 3.05) is 4.90 Å². The first-order chi connectivity index (χ1) is 15.9. The fourth-order valence-electron chi connectivity index (χ4n) is 4.63. The Kier molecular flexibility index (Phi) is 5.64. The van der Waals surface area contributed by atoms with Crippen LogP contribution in [0.3, 0.4) is 0 Å². The van der Waals surface area contributed by atoms with Crippen molar-refractivity contribution in [1.29, 1.82) is 0 Å². The largest absolute Gasteiger partial charge is 0.351 e. The third kappa shape index (κ3) is 3.90. The van der Waals surface area contributed by atoms with Gasteiger partial charge < -0.3 is 14.8 Å². The molecule has 0 radical (unpaired) electrons. The summed E-state index contributed by atoms with van der Waals surface area (Å²) in [5.74, 6) is -0.282. The summed E-state index contributed by atoms with van der Waals surface area (Å²) in [5, 5.41) is 4.74. The molecule has 5 rings (SSSR count). The maximum Gasteiger partial charge on any atom is 0.174 e. The summed E-state index contributed by atoms with van der Waals surface area (Å²) in [6.45, 7) is 4.19. The molecule has 1 aliphatic rings. The Morgan fingerprint density at radius 1 is 0.970 bits per heavy atom. The standard InChI is InChI=1S/C26H22ClFN4S/c1-16-15-22(17(2)31(16)20-10-6-18(27)7-11-20)25-24(23-5-3-4-14-29-23)30-26(33)32(25)21-12-8-19(28)9-13-21/h3-15,24-25H,1-2H3,(H,30,33)/t24-,25+/m1/s1. The van der Waals surface area contributed by atoms with E-state index in [9.17, 15) is 4.39 Å². The van der Waals surface area contributed by atoms with E-state index >= 15 is 0 Å². The Labute approximate surface area is 202 Å². The normalized spacial score (nSPS) is 17.9. The van der Waals surface area contributed by atoms with Gasteiger partial charge in [0, 0.05) is 34.0 Å². The zero-order chi connectivity index (χ0) is 23.1. The number of rotatable bonds is 4. The molecule has 0 bridgehead atoms. The molecule has 3 heterocycles. The molecule has 4 nitrogen and oxygen atoms in total. The number of hydrogen-bond donors (Lipinski definition) is 1. The fourth-order valence-corrected chi connectivity index (χ4v) is 5.10. The van der Waals surface area contributed by atoms with Gasteiger partial charge in [0.1, 0.15) is 5.82 Å².